The van der Waals surface area contributed by atoms with E-state index < -0.39 is 11.7 Å². The van der Waals surface area contributed by atoms with Crippen LogP contribution in [0, 0.1) is 5.82 Å². The van der Waals surface area contributed by atoms with Gasteiger partial charge in [0.15, 0.2) is 0 Å². The summed E-state index contributed by atoms with van der Waals surface area (Å²) >= 11 is 0. The van der Waals surface area contributed by atoms with Gasteiger partial charge in [-0.1, -0.05) is 18.2 Å². The lowest BCUT2D eigenvalue weighted by Crippen LogP contribution is -2.16. The highest BCUT2D eigenvalue weighted by Gasteiger charge is 2.11. The molecule has 3 aromatic rings. The third kappa shape index (κ3) is 3.89. The average Bonchev–Trinajstić information content (AvgIpc) is 2.63. The van der Waals surface area contributed by atoms with Crippen LogP contribution in [0.3, 0.4) is 0 Å². The molecule has 0 fully saturated rings. The van der Waals surface area contributed by atoms with Gasteiger partial charge in [0.1, 0.15) is 11.5 Å². The minimum atomic E-state index is -0.507. The topological polar surface area (TPSA) is 79.8 Å². The van der Waals surface area contributed by atoms with Gasteiger partial charge in [0.25, 0.3) is 5.91 Å². The number of para-hydroxylation sites is 1. The van der Waals surface area contributed by atoms with Crippen LogP contribution in [-0.2, 0) is 6.54 Å². The van der Waals surface area contributed by atoms with E-state index in [1.165, 1.54) is 24.4 Å². The second-order valence-electron chi connectivity index (χ2n) is 4.91. The highest BCUT2D eigenvalue weighted by molar-refractivity contribution is 6.03. The molecular weight excluding hydrogens is 309 g/mol. The molecule has 0 aliphatic rings. The van der Waals surface area contributed by atoms with Gasteiger partial charge in [-0.15, -0.1) is 0 Å². The van der Waals surface area contributed by atoms with Gasteiger partial charge in [-0.3, -0.25) is 9.78 Å². The van der Waals surface area contributed by atoms with Crippen molar-refractivity contribution < 1.29 is 9.18 Å². The number of pyridine rings is 1. The van der Waals surface area contributed by atoms with Crippen LogP contribution in [0.15, 0.2) is 61.1 Å². The molecule has 24 heavy (non-hydrogen) atoms. The van der Waals surface area contributed by atoms with E-state index in [9.17, 15) is 9.18 Å². The fraction of sp³-hybridized carbons (Fsp3) is 0.0588. The van der Waals surface area contributed by atoms with Crippen molar-refractivity contribution in [1.82, 2.24) is 15.0 Å². The van der Waals surface area contributed by atoms with E-state index >= 15 is 0 Å². The zero-order chi connectivity index (χ0) is 16.8. The van der Waals surface area contributed by atoms with Crippen LogP contribution in [0.1, 0.15) is 16.1 Å². The van der Waals surface area contributed by atoms with Crippen molar-refractivity contribution in [1.29, 1.82) is 0 Å². The lowest BCUT2D eigenvalue weighted by molar-refractivity contribution is 0.102. The number of carbonyl (C=O) groups is 1. The minimum absolute atomic E-state index is 0.103. The van der Waals surface area contributed by atoms with E-state index in [0.29, 0.717) is 12.5 Å². The number of aromatic nitrogens is 3. The van der Waals surface area contributed by atoms with Crippen LogP contribution in [0.25, 0.3) is 0 Å². The van der Waals surface area contributed by atoms with Gasteiger partial charge in [0.2, 0.25) is 5.95 Å². The molecule has 120 valence electrons. The Morgan fingerprint density at radius 1 is 1.08 bits per heavy atom. The highest BCUT2D eigenvalue weighted by Crippen LogP contribution is 2.13. The van der Waals surface area contributed by atoms with Crippen molar-refractivity contribution in [2.24, 2.45) is 0 Å². The summed E-state index contributed by atoms with van der Waals surface area (Å²) in [6.45, 7) is 0.478. The molecule has 2 N–H and O–H groups in total. The van der Waals surface area contributed by atoms with Crippen molar-refractivity contribution >= 4 is 17.5 Å². The van der Waals surface area contributed by atoms with E-state index in [-0.39, 0.29) is 11.4 Å². The molecule has 6 nitrogen and oxygen atoms in total. The molecule has 0 spiro atoms. The molecule has 1 amide bonds. The van der Waals surface area contributed by atoms with Crippen molar-refractivity contribution in [2.45, 2.75) is 6.54 Å². The second-order valence-corrected chi connectivity index (χ2v) is 4.91. The van der Waals surface area contributed by atoms with E-state index in [2.05, 4.69) is 25.6 Å². The predicted octanol–water partition coefficient (Wildman–Crippen LogP) is 2.88. The number of nitrogens with one attached hydrogen (secondary N) is 2. The first-order valence-electron chi connectivity index (χ1n) is 7.24. The van der Waals surface area contributed by atoms with Gasteiger partial charge >= 0.3 is 0 Å². The number of hydrogen-bond donors (Lipinski definition) is 2. The summed E-state index contributed by atoms with van der Waals surface area (Å²) < 4.78 is 13.6. The molecule has 1 aromatic carbocycles. The lowest BCUT2D eigenvalue weighted by Gasteiger charge is -2.08. The monoisotopic (exact) mass is 323 g/mol. The SMILES string of the molecule is O=C(Nc1ccccc1F)c1ccnc(NCc2cccnc2)n1. The quantitative estimate of drug-likeness (QED) is 0.755. The van der Waals surface area contributed by atoms with Gasteiger partial charge in [-0.05, 0) is 29.8 Å². The Hall–Kier alpha value is -3.35. The molecule has 0 saturated heterocycles. The zero-order valence-corrected chi connectivity index (χ0v) is 12.6. The molecule has 0 atom stereocenters. The molecule has 7 heteroatoms. The van der Waals surface area contributed by atoms with Crippen LogP contribution in [-0.4, -0.2) is 20.9 Å². The number of nitrogens with zero attached hydrogens (tertiary/aromatic N) is 3. The zero-order valence-electron chi connectivity index (χ0n) is 12.6. The number of hydrogen-bond acceptors (Lipinski definition) is 5. The molecule has 2 heterocycles. The summed E-state index contributed by atoms with van der Waals surface area (Å²) in [7, 11) is 0. The Kier molecular flexibility index (Phi) is 4.71. The summed E-state index contributed by atoms with van der Waals surface area (Å²) in [5, 5.41) is 5.50. The number of carbonyl (C=O) groups excluding carboxylic acids is 1. The standard InChI is InChI=1S/C17H14FN5O/c18-13-5-1-2-6-14(13)22-16(24)15-7-9-20-17(23-15)21-11-12-4-3-8-19-10-12/h1-10H,11H2,(H,22,24)(H,20,21,23). The van der Waals surface area contributed by atoms with Crippen LogP contribution < -0.4 is 10.6 Å². The smallest absolute Gasteiger partial charge is 0.274 e. The normalized spacial score (nSPS) is 10.2. The fourth-order valence-electron chi connectivity index (χ4n) is 2.00. The summed E-state index contributed by atoms with van der Waals surface area (Å²) in [6, 6.07) is 11.2. The number of benzene rings is 1. The van der Waals surface area contributed by atoms with Gasteiger partial charge in [-0.2, -0.15) is 0 Å². The van der Waals surface area contributed by atoms with Gasteiger partial charge < -0.3 is 10.6 Å². The maximum Gasteiger partial charge on any atom is 0.274 e. The molecule has 0 bridgehead atoms. The van der Waals surface area contributed by atoms with E-state index in [4.69, 9.17) is 0 Å². The molecule has 0 unspecified atom stereocenters. The maximum absolute atomic E-state index is 13.6. The Morgan fingerprint density at radius 3 is 2.75 bits per heavy atom. The summed E-state index contributed by atoms with van der Waals surface area (Å²) in [5.41, 5.74) is 1.20. The van der Waals surface area contributed by atoms with E-state index in [1.54, 1.807) is 24.5 Å². The van der Waals surface area contributed by atoms with Crippen molar-refractivity contribution in [3.63, 3.8) is 0 Å². The van der Waals surface area contributed by atoms with Crippen LogP contribution in [0.4, 0.5) is 16.0 Å². The number of anilines is 2. The van der Waals surface area contributed by atoms with E-state index in [0.717, 1.165) is 5.56 Å². The lowest BCUT2D eigenvalue weighted by atomic mass is 10.3. The van der Waals surface area contributed by atoms with Crippen molar-refractivity contribution in [2.75, 3.05) is 10.6 Å². The summed E-state index contributed by atoms with van der Waals surface area (Å²) in [4.78, 5) is 24.4. The molecular formula is C17H14FN5O. The number of halogens is 1. The molecule has 0 radical (unpaired) electrons. The Bertz CT molecular complexity index is 841. The minimum Gasteiger partial charge on any atom is -0.350 e. The first-order valence-corrected chi connectivity index (χ1v) is 7.24. The molecule has 0 aliphatic carbocycles. The Balaban J connectivity index is 1.68. The second kappa shape index (κ2) is 7.28. The molecule has 3 rings (SSSR count). The average molecular weight is 323 g/mol. The van der Waals surface area contributed by atoms with Gasteiger partial charge in [0, 0.05) is 25.1 Å². The number of rotatable bonds is 5. The molecule has 2 aromatic heterocycles. The van der Waals surface area contributed by atoms with Crippen molar-refractivity contribution in [3.05, 3.63) is 78.1 Å². The van der Waals surface area contributed by atoms with E-state index in [1.807, 2.05) is 12.1 Å². The van der Waals surface area contributed by atoms with Gasteiger partial charge in [-0.25, -0.2) is 14.4 Å². The Morgan fingerprint density at radius 2 is 1.96 bits per heavy atom. The highest BCUT2D eigenvalue weighted by atomic mass is 19.1. The summed E-state index contributed by atoms with van der Waals surface area (Å²) in [6.07, 6.45) is 4.88. The van der Waals surface area contributed by atoms with Crippen LogP contribution >= 0.6 is 0 Å². The third-order valence-corrected chi connectivity index (χ3v) is 3.18. The van der Waals surface area contributed by atoms with Gasteiger partial charge in [0.05, 0.1) is 5.69 Å². The Labute approximate surface area is 137 Å². The first-order chi connectivity index (χ1) is 11.7. The van der Waals surface area contributed by atoms with Crippen molar-refractivity contribution in [3.8, 4) is 0 Å². The molecule has 0 saturated carbocycles. The number of amides is 1. The van der Waals surface area contributed by atoms with Crippen LogP contribution in [0.5, 0.6) is 0 Å². The maximum atomic E-state index is 13.6. The largest absolute Gasteiger partial charge is 0.350 e. The van der Waals surface area contributed by atoms with Crippen LogP contribution in [0.2, 0.25) is 0 Å². The third-order valence-electron chi connectivity index (χ3n) is 3.18. The first kappa shape index (κ1) is 15.5. The molecule has 0 aliphatic heterocycles. The predicted molar refractivity (Wildman–Crippen MR) is 87.9 cm³/mol. The fourth-order valence-corrected chi connectivity index (χ4v) is 2.00. The summed E-state index contributed by atoms with van der Waals surface area (Å²) in [5.74, 6) is -0.707.